The van der Waals surface area contributed by atoms with Gasteiger partial charge in [0.25, 0.3) is 0 Å². The number of hydrogen-bond donors (Lipinski definition) is 3. The summed E-state index contributed by atoms with van der Waals surface area (Å²) in [7, 11) is 0. The maximum absolute atomic E-state index is 13.0. The van der Waals surface area contributed by atoms with E-state index in [1.807, 2.05) is 73.7 Å². The predicted molar refractivity (Wildman–Crippen MR) is 146 cm³/mol. The van der Waals surface area contributed by atoms with E-state index in [2.05, 4.69) is 0 Å². The minimum atomic E-state index is -0.943. The van der Waals surface area contributed by atoms with E-state index in [0.29, 0.717) is 22.7 Å². The number of aryl methyl sites for hydroxylation is 2. The molecule has 0 saturated carbocycles. The molecule has 1 aliphatic carbocycles. The summed E-state index contributed by atoms with van der Waals surface area (Å²) in [5.41, 5.74) is 4.11. The van der Waals surface area contributed by atoms with E-state index >= 15 is 0 Å². The molecular weight excluding hydrogens is 494 g/mol. The van der Waals surface area contributed by atoms with Crippen molar-refractivity contribution in [3.05, 3.63) is 136 Å². The molecule has 0 fully saturated rings. The van der Waals surface area contributed by atoms with Crippen molar-refractivity contribution in [1.82, 2.24) is 0 Å². The minimum Gasteiger partial charge on any atom is -0.506 e. The summed E-state index contributed by atoms with van der Waals surface area (Å²) >= 11 is 0. The van der Waals surface area contributed by atoms with Gasteiger partial charge in [-0.25, -0.2) is 4.57 Å². The van der Waals surface area contributed by atoms with E-state index in [4.69, 9.17) is 9.84 Å². The SMILES string of the molecule is Cc1ccccc1C1=CC(=CC2=C(O)C(=Cc3cc[n+](CCC(=O)O)cc3O)C2=O)C=C(c2ccccc2)O1. The monoisotopic (exact) mass is 520 g/mol. The second kappa shape index (κ2) is 10.7. The molecule has 194 valence electrons. The minimum absolute atomic E-state index is 0.0860. The summed E-state index contributed by atoms with van der Waals surface area (Å²) in [6.45, 7) is 2.19. The first kappa shape index (κ1) is 25.5. The van der Waals surface area contributed by atoms with Crippen LogP contribution in [0.4, 0.5) is 0 Å². The summed E-state index contributed by atoms with van der Waals surface area (Å²) < 4.78 is 7.80. The average molecular weight is 521 g/mol. The van der Waals surface area contributed by atoms with Crippen LogP contribution in [0.3, 0.4) is 0 Å². The Labute approximate surface area is 225 Å². The van der Waals surface area contributed by atoms with Crippen molar-refractivity contribution in [2.75, 3.05) is 0 Å². The lowest BCUT2D eigenvalue weighted by Gasteiger charge is -2.22. The van der Waals surface area contributed by atoms with Gasteiger partial charge in [0, 0.05) is 22.8 Å². The highest BCUT2D eigenvalue weighted by molar-refractivity contribution is 6.23. The topological polar surface area (TPSA) is 108 Å². The predicted octanol–water partition coefficient (Wildman–Crippen LogP) is 5.28. The van der Waals surface area contributed by atoms with Crippen LogP contribution in [0.15, 0.2) is 114 Å². The molecule has 0 radical (unpaired) electrons. The molecule has 0 bridgehead atoms. The Balaban J connectivity index is 1.48. The molecule has 3 N–H and O–H groups in total. The van der Waals surface area contributed by atoms with Crippen LogP contribution < -0.4 is 4.57 Å². The van der Waals surface area contributed by atoms with E-state index in [9.17, 15) is 19.8 Å². The Morgan fingerprint density at radius 3 is 2.36 bits per heavy atom. The lowest BCUT2D eigenvalue weighted by molar-refractivity contribution is -0.696. The smallest absolute Gasteiger partial charge is 0.309 e. The van der Waals surface area contributed by atoms with Crippen molar-refractivity contribution in [2.24, 2.45) is 0 Å². The van der Waals surface area contributed by atoms with E-state index in [1.54, 1.807) is 22.9 Å². The van der Waals surface area contributed by atoms with E-state index in [-0.39, 0.29) is 41.4 Å². The van der Waals surface area contributed by atoms with Gasteiger partial charge in [0.15, 0.2) is 18.5 Å². The van der Waals surface area contributed by atoms with Crippen molar-refractivity contribution in [3.8, 4) is 5.75 Å². The molecule has 0 amide bonds. The molecule has 0 spiro atoms. The number of carbonyl (C=O) groups is 2. The van der Waals surface area contributed by atoms with Crippen molar-refractivity contribution in [3.63, 3.8) is 0 Å². The number of aromatic nitrogens is 1. The van der Waals surface area contributed by atoms with Crippen LogP contribution in [0.2, 0.25) is 0 Å². The van der Waals surface area contributed by atoms with Crippen molar-refractivity contribution < 1.29 is 34.2 Å². The summed E-state index contributed by atoms with van der Waals surface area (Å²) in [4.78, 5) is 23.8. The van der Waals surface area contributed by atoms with Gasteiger partial charge in [-0.3, -0.25) is 9.59 Å². The lowest BCUT2D eigenvalue weighted by atomic mass is 9.85. The van der Waals surface area contributed by atoms with Crippen LogP contribution in [0.5, 0.6) is 5.75 Å². The Morgan fingerprint density at radius 1 is 0.949 bits per heavy atom. The molecule has 0 unspecified atom stereocenters. The normalized spacial score (nSPS) is 17.0. The van der Waals surface area contributed by atoms with Gasteiger partial charge in [0.1, 0.15) is 23.7 Å². The van der Waals surface area contributed by atoms with Crippen molar-refractivity contribution in [2.45, 2.75) is 19.9 Å². The number of aliphatic hydroxyl groups excluding tert-OH is 1. The fourth-order valence-corrected chi connectivity index (χ4v) is 4.39. The zero-order valence-electron chi connectivity index (χ0n) is 21.2. The first-order valence-electron chi connectivity index (χ1n) is 12.4. The lowest BCUT2D eigenvalue weighted by Crippen LogP contribution is -2.33. The number of allylic oxidation sites excluding steroid dienone is 6. The first-order valence-corrected chi connectivity index (χ1v) is 12.4. The molecule has 2 aliphatic rings. The molecular formula is C32H26NO6+. The summed E-state index contributed by atoms with van der Waals surface area (Å²) in [6, 6.07) is 19.1. The molecule has 0 saturated heterocycles. The van der Waals surface area contributed by atoms with E-state index in [1.165, 1.54) is 12.3 Å². The van der Waals surface area contributed by atoms with Gasteiger partial charge >= 0.3 is 5.97 Å². The van der Waals surface area contributed by atoms with Gasteiger partial charge in [-0.1, -0.05) is 54.6 Å². The molecule has 1 aliphatic heterocycles. The Bertz CT molecular complexity index is 1640. The average Bonchev–Trinajstić information content (AvgIpc) is 2.94. The molecule has 2 heterocycles. The van der Waals surface area contributed by atoms with Gasteiger partial charge < -0.3 is 20.1 Å². The second-order valence-electron chi connectivity index (χ2n) is 9.26. The Morgan fingerprint density at radius 2 is 1.67 bits per heavy atom. The highest BCUT2D eigenvalue weighted by atomic mass is 16.5. The molecule has 5 rings (SSSR count). The highest BCUT2D eigenvalue weighted by Gasteiger charge is 2.33. The molecule has 0 atom stereocenters. The number of hydrogen-bond acceptors (Lipinski definition) is 5. The number of aliphatic hydroxyl groups is 1. The second-order valence-corrected chi connectivity index (χ2v) is 9.26. The maximum atomic E-state index is 13.0. The highest BCUT2D eigenvalue weighted by Crippen LogP contribution is 2.37. The van der Waals surface area contributed by atoms with Crippen molar-refractivity contribution >= 4 is 29.3 Å². The third-order valence-electron chi connectivity index (χ3n) is 6.51. The van der Waals surface area contributed by atoms with E-state index in [0.717, 1.165) is 16.7 Å². The number of ketones is 1. The molecule has 7 heteroatoms. The van der Waals surface area contributed by atoms with Gasteiger partial charge in [-0.15, -0.1) is 0 Å². The largest absolute Gasteiger partial charge is 0.506 e. The molecule has 39 heavy (non-hydrogen) atoms. The number of aliphatic carboxylic acids is 1. The van der Waals surface area contributed by atoms with Gasteiger partial charge in [-0.2, -0.15) is 0 Å². The number of carbonyl (C=O) groups excluding carboxylic acids is 1. The number of Topliss-reactive ketones (excluding diaryl/α,β-unsaturated/α-hetero) is 1. The third-order valence-corrected chi connectivity index (χ3v) is 6.51. The summed E-state index contributed by atoms with van der Waals surface area (Å²) in [6.07, 6.45) is 9.61. The summed E-state index contributed by atoms with van der Waals surface area (Å²) in [5, 5.41) is 30.0. The molecule has 3 aromatic rings. The van der Waals surface area contributed by atoms with Gasteiger partial charge in [0.05, 0.1) is 11.1 Å². The maximum Gasteiger partial charge on any atom is 0.309 e. The first-order chi connectivity index (χ1) is 18.8. The van der Waals surface area contributed by atoms with Crippen LogP contribution in [-0.4, -0.2) is 27.1 Å². The number of carboxylic acid groups (broad SMARTS) is 1. The number of pyridine rings is 1. The molecule has 1 aromatic heterocycles. The quantitative estimate of drug-likeness (QED) is 0.289. The van der Waals surface area contributed by atoms with Crippen LogP contribution in [0.25, 0.3) is 17.6 Å². The van der Waals surface area contributed by atoms with Gasteiger partial charge in [-0.05, 0) is 42.4 Å². The standard InChI is InChI=1S/C32H25NO6/c1-20-7-5-6-10-24(20)29-17-21(16-28(39-29)22-8-3-2-4-9-22)15-25-31(37)26(32(25)38)18-23-11-13-33(19-27(23)34)14-12-30(35)36/h2-11,13,15-19H,12,14H2,1H3,(H2-,34,35,36,37,38)/p+1. The number of nitrogens with zero attached hydrogens (tertiary/aromatic N) is 1. The number of ether oxygens (including phenoxy) is 1. The number of benzene rings is 2. The van der Waals surface area contributed by atoms with Crippen LogP contribution in [0, 0.1) is 6.92 Å². The van der Waals surface area contributed by atoms with Crippen LogP contribution >= 0.6 is 0 Å². The fraction of sp³-hybridized carbons (Fsp3) is 0.0938. The Hall–Kier alpha value is -5.17. The zero-order chi connectivity index (χ0) is 27.5. The summed E-state index contributed by atoms with van der Waals surface area (Å²) in [5.74, 6) is -0.338. The van der Waals surface area contributed by atoms with Crippen LogP contribution in [-0.2, 0) is 20.9 Å². The zero-order valence-corrected chi connectivity index (χ0v) is 21.2. The molecule has 2 aromatic carbocycles. The third kappa shape index (κ3) is 5.43. The van der Waals surface area contributed by atoms with Gasteiger partial charge in [0.2, 0.25) is 12.0 Å². The van der Waals surface area contributed by atoms with E-state index < -0.39 is 5.97 Å². The Kier molecular flexibility index (Phi) is 6.97. The number of rotatable bonds is 7. The number of carboxylic acids is 1. The molecule has 7 nitrogen and oxygen atoms in total. The number of aromatic hydroxyl groups is 1. The van der Waals surface area contributed by atoms with Crippen molar-refractivity contribution in [1.29, 1.82) is 0 Å². The fourth-order valence-electron chi connectivity index (χ4n) is 4.39. The van der Waals surface area contributed by atoms with Crippen LogP contribution in [0.1, 0.15) is 28.7 Å².